The number of nitrogens with zero attached hydrogens (tertiary/aromatic N) is 1. The van der Waals surface area contributed by atoms with Crippen molar-refractivity contribution < 1.29 is 14.6 Å². The lowest BCUT2D eigenvalue weighted by Crippen LogP contribution is -2.17. The first-order valence-corrected chi connectivity index (χ1v) is 8.00. The van der Waals surface area contributed by atoms with E-state index in [1.165, 1.54) is 6.21 Å². The van der Waals surface area contributed by atoms with Crippen molar-refractivity contribution in [3.05, 3.63) is 71.8 Å². The van der Waals surface area contributed by atoms with Gasteiger partial charge in [-0.2, -0.15) is 5.10 Å². The standard InChI is InChI=1S/C20H22N2O3/c1-3-5-16-6-4-7-17(20(16)24)14-21-22-19(23)13-10-15-8-11-18(25-2)12-9-15/h3-4,6-9,11-12,14,24H,1,5,10,13H2,2H3,(H,22,23)/b21-14+. The number of hydrogen-bond acceptors (Lipinski definition) is 4. The molecule has 0 aliphatic carbocycles. The highest BCUT2D eigenvalue weighted by Crippen LogP contribution is 2.21. The Kier molecular flexibility index (Phi) is 6.77. The van der Waals surface area contributed by atoms with Crippen LogP contribution in [0.15, 0.2) is 60.2 Å². The SMILES string of the molecule is C=CCc1cccc(/C=N/NC(=O)CCc2ccc(OC)cc2)c1O. The number of aromatic hydroxyl groups is 1. The maximum absolute atomic E-state index is 11.9. The van der Waals surface area contributed by atoms with Gasteiger partial charge >= 0.3 is 0 Å². The van der Waals surface area contributed by atoms with Crippen LogP contribution in [0.5, 0.6) is 11.5 Å². The van der Waals surface area contributed by atoms with Crippen LogP contribution in [0.2, 0.25) is 0 Å². The van der Waals surface area contributed by atoms with Crippen LogP contribution in [0.3, 0.4) is 0 Å². The molecular weight excluding hydrogens is 316 g/mol. The smallest absolute Gasteiger partial charge is 0.240 e. The van der Waals surface area contributed by atoms with Gasteiger partial charge in [-0.3, -0.25) is 4.79 Å². The number of hydrogen-bond donors (Lipinski definition) is 2. The topological polar surface area (TPSA) is 70.9 Å². The Bertz CT molecular complexity index is 752. The predicted octanol–water partition coefficient (Wildman–Crippen LogP) is 3.21. The van der Waals surface area contributed by atoms with Crippen molar-refractivity contribution in [2.75, 3.05) is 7.11 Å². The summed E-state index contributed by atoms with van der Waals surface area (Å²) < 4.78 is 5.10. The molecule has 2 aromatic rings. The number of methoxy groups -OCH3 is 1. The van der Waals surface area contributed by atoms with Crippen LogP contribution < -0.4 is 10.2 Å². The van der Waals surface area contributed by atoms with E-state index < -0.39 is 0 Å². The zero-order valence-electron chi connectivity index (χ0n) is 14.2. The van der Waals surface area contributed by atoms with E-state index in [1.54, 1.807) is 19.3 Å². The van der Waals surface area contributed by atoms with Crippen molar-refractivity contribution >= 4 is 12.1 Å². The molecule has 0 saturated heterocycles. The van der Waals surface area contributed by atoms with Gasteiger partial charge < -0.3 is 9.84 Å². The fraction of sp³-hybridized carbons (Fsp3) is 0.200. The van der Waals surface area contributed by atoms with Crippen LogP contribution >= 0.6 is 0 Å². The molecule has 25 heavy (non-hydrogen) atoms. The van der Waals surface area contributed by atoms with Gasteiger partial charge in [0.1, 0.15) is 11.5 Å². The maximum Gasteiger partial charge on any atom is 0.240 e. The molecule has 0 spiro atoms. The van der Waals surface area contributed by atoms with Crippen molar-refractivity contribution in [2.45, 2.75) is 19.3 Å². The van der Waals surface area contributed by atoms with Crippen LogP contribution in [0.25, 0.3) is 0 Å². The summed E-state index contributed by atoms with van der Waals surface area (Å²) in [4.78, 5) is 11.9. The van der Waals surface area contributed by atoms with Crippen molar-refractivity contribution in [2.24, 2.45) is 5.10 Å². The molecule has 5 nitrogen and oxygen atoms in total. The summed E-state index contributed by atoms with van der Waals surface area (Å²) in [5.41, 5.74) is 4.85. The van der Waals surface area contributed by atoms with Gasteiger partial charge in [0.15, 0.2) is 0 Å². The predicted molar refractivity (Wildman–Crippen MR) is 99.1 cm³/mol. The molecule has 0 fully saturated rings. The van der Waals surface area contributed by atoms with Crippen molar-refractivity contribution in [3.63, 3.8) is 0 Å². The summed E-state index contributed by atoms with van der Waals surface area (Å²) in [5.74, 6) is 0.753. The van der Waals surface area contributed by atoms with Crippen LogP contribution in [-0.4, -0.2) is 24.3 Å². The molecule has 2 rings (SSSR count). The van der Waals surface area contributed by atoms with E-state index in [-0.39, 0.29) is 11.7 Å². The van der Waals surface area contributed by atoms with Crippen molar-refractivity contribution in [3.8, 4) is 11.5 Å². The first kappa shape index (κ1) is 18.3. The summed E-state index contributed by atoms with van der Waals surface area (Å²) in [6.45, 7) is 3.66. The molecule has 0 bridgehead atoms. The van der Waals surface area contributed by atoms with Crippen molar-refractivity contribution in [1.82, 2.24) is 5.43 Å². The fourth-order valence-corrected chi connectivity index (χ4v) is 2.32. The molecule has 130 valence electrons. The highest BCUT2D eigenvalue weighted by molar-refractivity contribution is 5.85. The van der Waals surface area contributed by atoms with E-state index in [1.807, 2.05) is 36.4 Å². The first-order chi connectivity index (χ1) is 12.1. The highest BCUT2D eigenvalue weighted by Gasteiger charge is 2.04. The number of allylic oxidation sites excluding steroid dienone is 1. The average Bonchev–Trinajstić information content (AvgIpc) is 2.63. The molecule has 0 saturated carbocycles. The summed E-state index contributed by atoms with van der Waals surface area (Å²) in [5, 5.41) is 14.0. The van der Waals surface area contributed by atoms with Crippen LogP contribution in [0.4, 0.5) is 0 Å². The summed E-state index contributed by atoms with van der Waals surface area (Å²) in [7, 11) is 1.62. The van der Waals surface area contributed by atoms with E-state index in [4.69, 9.17) is 4.74 Å². The number of rotatable bonds is 8. The number of amides is 1. The van der Waals surface area contributed by atoms with Gasteiger partial charge in [-0.1, -0.05) is 30.3 Å². The molecule has 2 aromatic carbocycles. The summed E-state index contributed by atoms with van der Waals surface area (Å²) in [6, 6.07) is 13.0. The Hall–Kier alpha value is -3.08. The average molecular weight is 338 g/mol. The minimum absolute atomic E-state index is 0.152. The zero-order valence-corrected chi connectivity index (χ0v) is 14.2. The molecule has 0 aliphatic heterocycles. The molecular formula is C20H22N2O3. The number of phenolic OH excluding ortho intramolecular Hbond substituents is 1. The van der Waals surface area contributed by atoms with Gasteiger partial charge in [0.05, 0.1) is 13.3 Å². The van der Waals surface area contributed by atoms with E-state index in [0.29, 0.717) is 24.8 Å². The highest BCUT2D eigenvalue weighted by atomic mass is 16.5. The molecule has 5 heteroatoms. The molecule has 0 aliphatic rings. The van der Waals surface area contributed by atoms with E-state index in [0.717, 1.165) is 16.9 Å². The Morgan fingerprint density at radius 2 is 2.04 bits per heavy atom. The third-order valence-electron chi connectivity index (χ3n) is 3.71. The summed E-state index contributed by atoms with van der Waals surface area (Å²) in [6.07, 6.45) is 4.67. The van der Waals surface area contributed by atoms with Gasteiger partial charge in [0.25, 0.3) is 0 Å². The molecule has 0 atom stereocenters. The number of aryl methyl sites for hydroxylation is 1. The molecule has 0 aromatic heterocycles. The summed E-state index contributed by atoms with van der Waals surface area (Å²) >= 11 is 0. The Morgan fingerprint density at radius 1 is 1.28 bits per heavy atom. The number of para-hydroxylation sites is 1. The first-order valence-electron chi connectivity index (χ1n) is 8.00. The number of ether oxygens (including phenoxy) is 1. The van der Waals surface area contributed by atoms with E-state index >= 15 is 0 Å². The third kappa shape index (κ3) is 5.49. The monoisotopic (exact) mass is 338 g/mol. The molecule has 0 unspecified atom stereocenters. The van der Waals surface area contributed by atoms with Gasteiger partial charge in [-0.05, 0) is 42.2 Å². The maximum atomic E-state index is 11.9. The second-order valence-corrected chi connectivity index (χ2v) is 5.49. The number of carbonyl (C=O) groups is 1. The lowest BCUT2D eigenvalue weighted by molar-refractivity contribution is -0.121. The quantitative estimate of drug-likeness (QED) is 0.441. The lowest BCUT2D eigenvalue weighted by Gasteiger charge is -2.05. The van der Waals surface area contributed by atoms with Gasteiger partial charge in [0, 0.05) is 12.0 Å². The fourth-order valence-electron chi connectivity index (χ4n) is 2.32. The molecule has 2 N–H and O–H groups in total. The number of hydrazone groups is 1. The van der Waals surface area contributed by atoms with E-state index in [2.05, 4.69) is 17.1 Å². The third-order valence-corrected chi connectivity index (χ3v) is 3.71. The van der Waals surface area contributed by atoms with Crippen molar-refractivity contribution in [1.29, 1.82) is 0 Å². The number of carbonyl (C=O) groups excluding carboxylic acids is 1. The van der Waals surface area contributed by atoms with Crippen LogP contribution in [-0.2, 0) is 17.6 Å². The molecule has 1 amide bonds. The molecule has 0 radical (unpaired) electrons. The van der Waals surface area contributed by atoms with Gasteiger partial charge in [0.2, 0.25) is 5.91 Å². The van der Waals surface area contributed by atoms with Crippen LogP contribution in [0.1, 0.15) is 23.1 Å². The Labute approximate surface area is 147 Å². The number of benzene rings is 2. The number of phenols is 1. The van der Waals surface area contributed by atoms with Crippen LogP contribution in [0, 0.1) is 0 Å². The second-order valence-electron chi connectivity index (χ2n) is 5.49. The van der Waals surface area contributed by atoms with Gasteiger partial charge in [-0.15, -0.1) is 6.58 Å². The minimum Gasteiger partial charge on any atom is -0.507 e. The second kappa shape index (κ2) is 9.27. The zero-order chi connectivity index (χ0) is 18.1. The minimum atomic E-state index is -0.186. The number of nitrogens with one attached hydrogen (secondary N) is 1. The lowest BCUT2D eigenvalue weighted by atomic mass is 10.1. The van der Waals surface area contributed by atoms with E-state index in [9.17, 15) is 9.90 Å². The largest absolute Gasteiger partial charge is 0.507 e. The molecule has 0 heterocycles. The Balaban J connectivity index is 1.85. The van der Waals surface area contributed by atoms with Gasteiger partial charge in [-0.25, -0.2) is 5.43 Å². The normalized spacial score (nSPS) is 10.6. The Morgan fingerprint density at radius 3 is 2.72 bits per heavy atom.